The Morgan fingerprint density at radius 1 is 1.19 bits per heavy atom. The second kappa shape index (κ2) is 7.50. The van der Waals surface area contributed by atoms with Crippen molar-refractivity contribution in [3.63, 3.8) is 0 Å². The zero-order valence-electron chi connectivity index (χ0n) is 15.4. The molecule has 1 saturated heterocycles. The molecule has 1 N–H and O–H groups in total. The molecular weight excluding hydrogens is 359 g/mol. The molecule has 0 saturated carbocycles. The van der Waals surface area contributed by atoms with Crippen molar-refractivity contribution in [3.8, 4) is 0 Å². The number of anilines is 2. The number of carbonyl (C=O) groups is 2. The average Bonchev–Trinajstić information content (AvgIpc) is 2.69. The number of halogens is 3. The molecule has 0 radical (unpaired) electrons. The van der Waals surface area contributed by atoms with Gasteiger partial charge in [-0.1, -0.05) is 26.0 Å². The van der Waals surface area contributed by atoms with Crippen molar-refractivity contribution in [2.24, 2.45) is 11.8 Å². The number of alkyl halides is 3. The Bertz CT molecular complexity index is 712. The van der Waals surface area contributed by atoms with Gasteiger partial charge in [0.1, 0.15) is 6.04 Å². The minimum Gasteiger partial charge on any atom is -0.324 e. The van der Waals surface area contributed by atoms with E-state index in [1.807, 2.05) is 4.90 Å². The number of fused-ring (bicyclic) bond motifs is 1. The van der Waals surface area contributed by atoms with Gasteiger partial charge in [-0.3, -0.25) is 19.4 Å². The van der Waals surface area contributed by atoms with E-state index in [-0.39, 0.29) is 17.9 Å². The summed E-state index contributed by atoms with van der Waals surface area (Å²) in [4.78, 5) is 27.7. The molecule has 2 aliphatic rings. The molecule has 8 heteroatoms. The van der Waals surface area contributed by atoms with Gasteiger partial charge < -0.3 is 5.32 Å². The monoisotopic (exact) mass is 383 g/mol. The molecular formula is C19H24F3N3O2. The van der Waals surface area contributed by atoms with Crippen molar-refractivity contribution < 1.29 is 22.8 Å². The fourth-order valence-corrected chi connectivity index (χ4v) is 4.18. The molecule has 3 rings (SSSR count). The predicted octanol–water partition coefficient (Wildman–Crippen LogP) is 3.27. The van der Waals surface area contributed by atoms with E-state index in [0.29, 0.717) is 24.9 Å². The van der Waals surface area contributed by atoms with Crippen LogP contribution in [0.3, 0.4) is 0 Å². The third-order valence-electron chi connectivity index (χ3n) is 5.08. The molecule has 2 heterocycles. The van der Waals surface area contributed by atoms with Gasteiger partial charge in [-0.25, -0.2) is 0 Å². The lowest BCUT2D eigenvalue weighted by Gasteiger charge is -2.37. The summed E-state index contributed by atoms with van der Waals surface area (Å²) in [5, 5.41) is 2.48. The Balaban J connectivity index is 1.93. The van der Waals surface area contributed by atoms with E-state index in [0.717, 1.165) is 11.3 Å². The lowest BCUT2D eigenvalue weighted by molar-refractivity contribution is -0.158. The van der Waals surface area contributed by atoms with Gasteiger partial charge in [0, 0.05) is 13.1 Å². The zero-order chi connectivity index (χ0) is 19.8. The van der Waals surface area contributed by atoms with Gasteiger partial charge in [0.2, 0.25) is 11.8 Å². The Kier molecular flexibility index (Phi) is 5.46. The molecule has 1 aromatic carbocycles. The number of rotatable bonds is 2. The fourth-order valence-electron chi connectivity index (χ4n) is 4.18. The number of nitrogens with zero attached hydrogens (tertiary/aromatic N) is 2. The number of amides is 2. The molecule has 27 heavy (non-hydrogen) atoms. The van der Waals surface area contributed by atoms with Crippen molar-refractivity contribution in [2.45, 2.75) is 38.9 Å². The summed E-state index contributed by atoms with van der Waals surface area (Å²) < 4.78 is 41.1. The topological polar surface area (TPSA) is 52.7 Å². The van der Waals surface area contributed by atoms with Crippen LogP contribution in [0.15, 0.2) is 24.3 Å². The van der Waals surface area contributed by atoms with Gasteiger partial charge in [-0.15, -0.1) is 0 Å². The molecule has 1 aromatic rings. The summed E-state index contributed by atoms with van der Waals surface area (Å²) in [5.41, 5.74) is 0.316. The van der Waals surface area contributed by atoms with Crippen LogP contribution in [0.25, 0.3) is 0 Å². The summed E-state index contributed by atoms with van der Waals surface area (Å²) >= 11 is 0. The Morgan fingerprint density at radius 2 is 1.81 bits per heavy atom. The number of piperidine rings is 1. The quantitative estimate of drug-likeness (QED) is 0.853. The SMILES string of the molecule is C[C@@H]1C[C@H](C)CN(CC(=O)N2c3ccccc3NC(=O)C[C@@H]2C(F)(F)F)C1. The molecule has 3 atom stereocenters. The maximum absolute atomic E-state index is 13.7. The first-order valence-corrected chi connectivity index (χ1v) is 9.15. The van der Waals surface area contributed by atoms with Crippen molar-refractivity contribution in [1.82, 2.24) is 4.90 Å². The maximum atomic E-state index is 13.7. The van der Waals surface area contributed by atoms with Crippen LogP contribution >= 0.6 is 0 Å². The zero-order valence-corrected chi connectivity index (χ0v) is 15.4. The molecule has 148 valence electrons. The highest BCUT2D eigenvalue weighted by molar-refractivity contribution is 6.05. The molecule has 0 unspecified atom stereocenters. The van der Waals surface area contributed by atoms with Gasteiger partial charge >= 0.3 is 6.18 Å². The predicted molar refractivity (Wildman–Crippen MR) is 96.4 cm³/mol. The maximum Gasteiger partial charge on any atom is 0.409 e. The van der Waals surface area contributed by atoms with E-state index in [1.165, 1.54) is 12.1 Å². The number of para-hydroxylation sites is 2. The van der Waals surface area contributed by atoms with Crippen LogP contribution in [0, 0.1) is 11.8 Å². The smallest absolute Gasteiger partial charge is 0.324 e. The summed E-state index contributed by atoms with van der Waals surface area (Å²) in [6, 6.07) is 3.96. The average molecular weight is 383 g/mol. The summed E-state index contributed by atoms with van der Waals surface area (Å²) in [7, 11) is 0. The highest BCUT2D eigenvalue weighted by Crippen LogP contribution is 2.37. The second-order valence-electron chi connectivity index (χ2n) is 7.73. The first-order chi connectivity index (χ1) is 12.6. The molecule has 2 aliphatic heterocycles. The Hall–Kier alpha value is -2.09. The number of benzene rings is 1. The van der Waals surface area contributed by atoms with E-state index < -0.39 is 30.5 Å². The molecule has 0 spiro atoms. The first-order valence-electron chi connectivity index (χ1n) is 9.15. The van der Waals surface area contributed by atoms with Crippen molar-refractivity contribution >= 4 is 23.2 Å². The number of likely N-dealkylation sites (tertiary alicyclic amines) is 1. The van der Waals surface area contributed by atoms with Crippen LogP contribution in [0.2, 0.25) is 0 Å². The lowest BCUT2D eigenvalue weighted by Crippen LogP contribution is -2.53. The Morgan fingerprint density at radius 3 is 2.44 bits per heavy atom. The minimum absolute atomic E-state index is 0.0915. The van der Waals surface area contributed by atoms with Gasteiger partial charge in [0.15, 0.2) is 0 Å². The second-order valence-corrected chi connectivity index (χ2v) is 7.73. The number of nitrogens with one attached hydrogen (secondary N) is 1. The van der Waals surface area contributed by atoms with Gasteiger partial charge in [0.25, 0.3) is 0 Å². The van der Waals surface area contributed by atoms with Crippen LogP contribution in [-0.4, -0.2) is 48.6 Å². The van der Waals surface area contributed by atoms with E-state index >= 15 is 0 Å². The molecule has 0 bridgehead atoms. The fraction of sp³-hybridized carbons (Fsp3) is 0.579. The van der Waals surface area contributed by atoms with Crippen LogP contribution in [0.5, 0.6) is 0 Å². The highest BCUT2D eigenvalue weighted by Gasteiger charge is 2.49. The van der Waals surface area contributed by atoms with Gasteiger partial charge in [-0.2, -0.15) is 13.2 Å². The number of hydrogen-bond donors (Lipinski definition) is 1. The Labute approximate surface area is 156 Å². The van der Waals surface area contributed by atoms with Crippen LogP contribution < -0.4 is 10.2 Å². The number of hydrogen-bond acceptors (Lipinski definition) is 3. The van der Waals surface area contributed by atoms with Crippen LogP contribution in [-0.2, 0) is 9.59 Å². The summed E-state index contributed by atoms with van der Waals surface area (Å²) in [6.07, 6.45) is -4.47. The van der Waals surface area contributed by atoms with E-state index in [9.17, 15) is 22.8 Å². The van der Waals surface area contributed by atoms with Gasteiger partial charge in [-0.05, 0) is 30.4 Å². The summed E-state index contributed by atoms with van der Waals surface area (Å²) in [6.45, 7) is 5.42. The van der Waals surface area contributed by atoms with E-state index in [1.54, 1.807) is 12.1 Å². The van der Waals surface area contributed by atoms with Crippen molar-refractivity contribution in [3.05, 3.63) is 24.3 Å². The standard InChI is InChI=1S/C19H24F3N3O2/c1-12-7-13(2)10-24(9-12)11-18(27)25-15-6-4-3-5-14(15)23-17(26)8-16(25)19(20,21)22/h3-6,12-13,16H,7-11H2,1-2H3,(H,23,26)/t12-,13+,16-/m1/s1. The summed E-state index contributed by atoms with van der Waals surface area (Å²) in [5.74, 6) is -0.609. The highest BCUT2D eigenvalue weighted by atomic mass is 19.4. The third kappa shape index (κ3) is 4.43. The van der Waals surface area contributed by atoms with Crippen LogP contribution in [0.1, 0.15) is 26.7 Å². The molecule has 2 amide bonds. The largest absolute Gasteiger partial charge is 0.409 e. The molecule has 5 nitrogen and oxygen atoms in total. The molecule has 0 aromatic heterocycles. The number of carbonyl (C=O) groups excluding carboxylic acids is 2. The third-order valence-corrected chi connectivity index (χ3v) is 5.08. The molecule has 1 fully saturated rings. The van der Waals surface area contributed by atoms with E-state index in [2.05, 4.69) is 19.2 Å². The van der Waals surface area contributed by atoms with Crippen molar-refractivity contribution in [2.75, 3.05) is 29.9 Å². The van der Waals surface area contributed by atoms with Crippen LogP contribution in [0.4, 0.5) is 24.5 Å². The van der Waals surface area contributed by atoms with E-state index in [4.69, 9.17) is 0 Å². The first kappa shape index (κ1) is 19.7. The van der Waals surface area contributed by atoms with Crippen molar-refractivity contribution in [1.29, 1.82) is 0 Å². The normalized spacial score (nSPS) is 26.9. The lowest BCUT2D eigenvalue weighted by atomic mass is 9.92. The molecule has 0 aliphatic carbocycles. The van der Waals surface area contributed by atoms with Gasteiger partial charge in [0.05, 0.1) is 24.3 Å². The minimum atomic E-state index is -4.70.